The van der Waals surface area contributed by atoms with Gasteiger partial charge in [-0.3, -0.25) is 4.79 Å². The van der Waals surface area contributed by atoms with Crippen LogP contribution in [0.3, 0.4) is 0 Å². The van der Waals surface area contributed by atoms with Crippen LogP contribution in [0.2, 0.25) is 0 Å². The Bertz CT molecular complexity index is 154. The molecule has 1 fully saturated rings. The van der Waals surface area contributed by atoms with E-state index >= 15 is 0 Å². The summed E-state index contributed by atoms with van der Waals surface area (Å²) >= 11 is 0. The Hall–Kier alpha value is -0.600. The van der Waals surface area contributed by atoms with Gasteiger partial charge in [-0.05, 0) is 26.2 Å². The van der Waals surface area contributed by atoms with Crippen molar-refractivity contribution in [3.05, 3.63) is 0 Å². The van der Waals surface area contributed by atoms with Gasteiger partial charge in [0, 0.05) is 0 Å². The van der Waals surface area contributed by atoms with E-state index in [0.29, 0.717) is 12.8 Å². The first-order valence-corrected chi connectivity index (χ1v) is 3.43. The Balaban J connectivity index is 2.51. The van der Waals surface area contributed by atoms with E-state index in [2.05, 4.69) is 0 Å². The molecule has 1 aliphatic rings. The summed E-state index contributed by atoms with van der Waals surface area (Å²) in [7, 11) is 0. The molecular formula is C7H11FO2. The van der Waals surface area contributed by atoms with Crippen molar-refractivity contribution in [2.24, 2.45) is 5.92 Å². The van der Waals surface area contributed by atoms with E-state index in [1.807, 2.05) is 0 Å². The van der Waals surface area contributed by atoms with Crippen molar-refractivity contribution in [3.8, 4) is 0 Å². The number of hydrogen-bond acceptors (Lipinski definition) is 1. The van der Waals surface area contributed by atoms with E-state index in [9.17, 15) is 9.18 Å². The molecule has 0 spiro atoms. The molecule has 2 nitrogen and oxygen atoms in total. The fourth-order valence-electron chi connectivity index (χ4n) is 1.40. The van der Waals surface area contributed by atoms with Crippen molar-refractivity contribution in [2.75, 3.05) is 0 Å². The Morgan fingerprint density at radius 3 is 2.60 bits per heavy atom. The molecule has 0 aromatic carbocycles. The molecule has 0 bridgehead atoms. The highest BCUT2D eigenvalue weighted by molar-refractivity contribution is 5.70. The first-order valence-electron chi connectivity index (χ1n) is 3.43. The van der Waals surface area contributed by atoms with Crippen LogP contribution in [0, 0.1) is 5.92 Å². The quantitative estimate of drug-likeness (QED) is 0.610. The second-order valence-corrected chi connectivity index (χ2v) is 3.19. The van der Waals surface area contributed by atoms with Crippen LogP contribution in [-0.4, -0.2) is 16.7 Å². The average Bonchev–Trinajstić information content (AvgIpc) is 2.10. The van der Waals surface area contributed by atoms with Gasteiger partial charge in [0.1, 0.15) is 5.67 Å². The Kier molecular flexibility index (Phi) is 1.67. The first kappa shape index (κ1) is 7.51. The van der Waals surface area contributed by atoms with Crippen LogP contribution < -0.4 is 0 Å². The molecule has 1 aliphatic carbocycles. The largest absolute Gasteiger partial charge is 0.481 e. The van der Waals surface area contributed by atoms with Crippen LogP contribution in [0.4, 0.5) is 4.39 Å². The normalized spacial score (nSPS) is 40.0. The van der Waals surface area contributed by atoms with Crippen LogP contribution in [-0.2, 0) is 4.79 Å². The summed E-state index contributed by atoms with van der Waals surface area (Å²) in [5, 5.41) is 8.48. The molecule has 0 aromatic rings. The fourth-order valence-corrected chi connectivity index (χ4v) is 1.40. The average molecular weight is 146 g/mol. The highest BCUT2D eigenvalue weighted by Gasteiger charge is 2.38. The SMILES string of the molecule is C[C@]1(F)CC[C@H](C(=O)O)C1. The zero-order valence-electron chi connectivity index (χ0n) is 5.93. The number of halogens is 1. The predicted molar refractivity (Wildman–Crippen MR) is 34.5 cm³/mol. The minimum atomic E-state index is -1.23. The van der Waals surface area contributed by atoms with E-state index in [-0.39, 0.29) is 6.42 Å². The zero-order chi connectivity index (χ0) is 7.78. The molecular weight excluding hydrogens is 135 g/mol. The molecule has 0 heterocycles. The van der Waals surface area contributed by atoms with E-state index in [0.717, 1.165) is 0 Å². The Labute approximate surface area is 59.0 Å². The Morgan fingerprint density at radius 1 is 1.80 bits per heavy atom. The van der Waals surface area contributed by atoms with Gasteiger partial charge in [0.05, 0.1) is 5.92 Å². The third-order valence-corrected chi connectivity index (χ3v) is 2.04. The molecule has 58 valence electrons. The van der Waals surface area contributed by atoms with Crippen LogP contribution in [0.25, 0.3) is 0 Å². The standard InChI is InChI=1S/C7H11FO2/c1-7(8)3-2-5(4-7)6(9)10/h5H,2-4H2,1H3,(H,9,10)/t5-,7-/m0/s1. The maximum absolute atomic E-state index is 13.0. The number of rotatable bonds is 1. The van der Waals surface area contributed by atoms with E-state index in [1.54, 1.807) is 0 Å². The van der Waals surface area contributed by atoms with Crippen LogP contribution in [0.15, 0.2) is 0 Å². The van der Waals surface area contributed by atoms with Crippen molar-refractivity contribution in [2.45, 2.75) is 31.9 Å². The summed E-state index contributed by atoms with van der Waals surface area (Å²) in [6.07, 6.45) is 1.06. The lowest BCUT2D eigenvalue weighted by Gasteiger charge is -2.10. The van der Waals surface area contributed by atoms with Gasteiger partial charge >= 0.3 is 5.97 Å². The third-order valence-electron chi connectivity index (χ3n) is 2.04. The number of carboxylic acids is 1. The molecule has 10 heavy (non-hydrogen) atoms. The van der Waals surface area contributed by atoms with Gasteiger partial charge in [0.25, 0.3) is 0 Å². The summed E-state index contributed by atoms with van der Waals surface area (Å²) in [6.45, 7) is 1.47. The van der Waals surface area contributed by atoms with Crippen LogP contribution in [0.5, 0.6) is 0 Å². The van der Waals surface area contributed by atoms with E-state index < -0.39 is 17.6 Å². The monoisotopic (exact) mass is 146 g/mol. The predicted octanol–water partition coefficient (Wildman–Crippen LogP) is 1.60. The second-order valence-electron chi connectivity index (χ2n) is 3.19. The van der Waals surface area contributed by atoms with Crippen molar-refractivity contribution >= 4 is 5.97 Å². The summed E-state index contributed by atoms with van der Waals surface area (Å²) < 4.78 is 13.0. The van der Waals surface area contributed by atoms with Gasteiger partial charge in [-0.1, -0.05) is 0 Å². The molecule has 2 atom stereocenters. The van der Waals surface area contributed by atoms with Gasteiger partial charge in [-0.15, -0.1) is 0 Å². The summed E-state index contributed by atoms with van der Waals surface area (Å²) in [6, 6.07) is 0. The van der Waals surface area contributed by atoms with Crippen molar-refractivity contribution < 1.29 is 14.3 Å². The first-order chi connectivity index (χ1) is 4.51. The molecule has 0 unspecified atom stereocenters. The summed E-state index contributed by atoms with van der Waals surface area (Å²) in [5.74, 6) is -1.31. The van der Waals surface area contributed by atoms with Gasteiger partial charge in [0.15, 0.2) is 0 Å². The van der Waals surface area contributed by atoms with E-state index in [1.165, 1.54) is 6.92 Å². The third kappa shape index (κ3) is 1.46. The number of aliphatic carboxylic acids is 1. The van der Waals surface area contributed by atoms with Gasteiger partial charge in [-0.25, -0.2) is 4.39 Å². The molecule has 0 saturated heterocycles. The molecule has 0 radical (unpaired) electrons. The van der Waals surface area contributed by atoms with E-state index in [4.69, 9.17) is 5.11 Å². The molecule has 0 aromatic heterocycles. The topological polar surface area (TPSA) is 37.3 Å². The highest BCUT2D eigenvalue weighted by atomic mass is 19.1. The van der Waals surface area contributed by atoms with Crippen molar-refractivity contribution in [3.63, 3.8) is 0 Å². The molecule has 1 rings (SSSR count). The molecule has 1 saturated carbocycles. The lowest BCUT2D eigenvalue weighted by Crippen LogP contribution is -2.15. The number of alkyl halides is 1. The van der Waals surface area contributed by atoms with Crippen molar-refractivity contribution in [1.82, 2.24) is 0 Å². The van der Waals surface area contributed by atoms with Crippen molar-refractivity contribution in [1.29, 1.82) is 0 Å². The zero-order valence-corrected chi connectivity index (χ0v) is 5.93. The lowest BCUT2D eigenvalue weighted by atomic mass is 10.1. The summed E-state index contributed by atoms with van der Waals surface area (Å²) in [4.78, 5) is 10.3. The van der Waals surface area contributed by atoms with Gasteiger partial charge < -0.3 is 5.11 Å². The fraction of sp³-hybridized carbons (Fsp3) is 0.857. The number of hydrogen-bond donors (Lipinski definition) is 1. The molecule has 0 amide bonds. The second kappa shape index (κ2) is 2.22. The maximum atomic E-state index is 13.0. The van der Waals surface area contributed by atoms with Gasteiger partial charge in [-0.2, -0.15) is 0 Å². The smallest absolute Gasteiger partial charge is 0.306 e. The molecule has 1 N–H and O–H groups in total. The number of carbonyl (C=O) groups is 1. The maximum Gasteiger partial charge on any atom is 0.306 e. The van der Waals surface area contributed by atoms with Crippen LogP contribution >= 0.6 is 0 Å². The molecule has 0 aliphatic heterocycles. The molecule has 3 heteroatoms. The highest BCUT2D eigenvalue weighted by Crippen LogP contribution is 2.37. The Morgan fingerprint density at radius 2 is 2.40 bits per heavy atom. The lowest BCUT2D eigenvalue weighted by molar-refractivity contribution is -0.141. The number of carboxylic acid groups (broad SMARTS) is 1. The van der Waals surface area contributed by atoms with Crippen LogP contribution in [0.1, 0.15) is 26.2 Å². The minimum Gasteiger partial charge on any atom is -0.481 e. The summed E-state index contributed by atoms with van der Waals surface area (Å²) in [5.41, 5.74) is -1.23. The minimum absolute atomic E-state index is 0.183. The van der Waals surface area contributed by atoms with Gasteiger partial charge in [0.2, 0.25) is 0 Å².